The van der Waals surface area contributed by atoms with Crippen LogP contribution in [0.25, 0.3) is 10.8 Å². The number of benzene rings is 2. The molecular weight excluding hydrogens is 260 g/mol. The van der Waals surface area contributed by atoms with Gasteiger partial charge in [-0.2, -0.15) is 5.26 Å². The van der Waals surface area contributed by atoms with Crippen LogP contribution in [0.2, 0.25) is 0 Å². The third-order valence-corrected chi connectivity index (χ3v) is 3.83. The van der Waals surface area contributed by atoms with E-state index in [1.807, 2.05) is 56.3 Å². The first kappa shape index (κ1) is 15.1. The first-order chi connectivity index (χ1) is 10.2. The van der Waals surface area contributed by atoms with Crippen LogP contribution >= 0.6 is 0 Å². The lowest BCUT2D eigenvalue weighted by atomic mass is 9.94. The van der Waals surface area contributed by atoms with E-state index in [1.54, 1.807) is 4.90 Å². The Hall–Kier alpha value is -2.34. The predicted octanol–water partition coefficient (Wildman–Crippen LogP) is 3.39. The maximum atomic E-state index is 12.4. The molecular formula is C18H20N2O. The average Bonchev–Trinajstić information content (AvgIpc) is 2.53. The van der Waals surface area contributed by atoms with Crippen LogP contribution in [0, 0.1) is 17.2 Å². The summed E-state index contributed by atoms with van der Waals surface area (Å²) in [5.41, 5.74) is 1.06. The molecule has 3 heteroatoms. The Morgan fingerprint density at radius 1 is 1.14 bits per heavy atom. The van der Waals surface area contributed by atoms with Crippen molar-refractivity contribution in [3.05, 3.63) is 48.0 Å². The summed E-state index contributed by atoms with van der Waals surface area (Å²) in [5.74, 6) is -0.689. The minimum absolute atomic E-state index is 0.0737. The summed E-state index contributed by atoms with van der Waals surface area (Å²) in [6.07, 6.45) is 0.465. The van der Waals surface area contributed by atoms with E-state index in [4.69, 9.17) is 0 Å². The molecule has 0 aliphatic carbocycles. The van der Waals surface area contributed by atoms with Gasteiger partial charge in [0.05, 0.1) is 6.07 Å². The van der Waals surface area contributed by atoms with Crippen LogP contribution in [-0.4, -0.2) is 23.9 Å². The molecule has 0 spiro atoms. The van der Waals surface area contributed by atoms with Gasteiger partial charge in [-0.1, -0.05) is 42.5 Å². The van der Waals surface area contributed by atoms with Crippen LogP contribution < -0.4 is 0 Å². The maximum Gasteiger partial charge on any atom is 0.240 e. The SMILES string of the molecule is CCN(CC)C(=O)C(C#N)Cc1cccc2ccccc12. The topological polar surface area (TPSA) is 44.1 Å². The van der Waals surface area contributed by atoms with Crippen LogP contribution in [-0.2, 0) is 11.2 Å². The number of amides is 1. The number of rotatable bonds is 5. The molecule has 108 valence electrons. The maximum absolute atomic E-state index is 12.4. The van der Waals surface area contributed by atoms with Crippen molar-refractivity contribution in [2.45, 2.75) is 20.3 Å². The lowest BCUT2D eigenvalue weighted by Gasteiger charge is -2.21. The molecule has 0 fully saturated rings. The predicted molar refractivity (Wildman–Crippen MR) is 84.7 cm³/mol. The summed E-state index contributed by atoms with van der Waals surface area (Å²) >= 11 is 0. The van der Waals surface area contributed by atoms with Gasteiger partial charge in [-0.3, -0.25) is 4.79 Å². The van der Waals surface area contributed by atoms with Crippen LogP contribution in [0.1, 0.15) is 19.4 Å². The highest BCUT2D eigenvalue weighted by atomic mass is 16.2. The van der Waals surface area contributed by atoms with Crippen molar-refractivity contribution < 1.29 is 4.79 Å². The van der Waals surface area contributed by atoms with E-state index in [0.29, 0.717) is 19.5 Å². The van der Waals surface area contributed by atoms with Gasteiger partial charge < -0.3 is 4.90 Å². The molecule has 0 N–H and O–H groups in total. The summed E-state index contributed by atoms with van der Waals surface area (Å²) in [4.78, 5) is 14.1. The summed E-state index contributed by atoms with van der Waals surface area (Å²) in [6.45, 7) is 5.16. The number of nitrogens with zero attached hydrogens (tertiary/aromatic N) is 2. The molecule has 0 bridgehead atoms. The first-order valence-electron chi connectivity index (χ1n) is 7.36. The van der Waals surface area contributed by atoms with Gasteiger partial charge in [-0.05, 0) is 36.6 Å². The second-order valence-electron chi connectivity index (χ2n) is 5.03. The van der Waals surface area contributed by atoms with Crippen LogP contribution in [0.15, 0.2) is 42.5 Å². The quantitative estimate of drug-likeness (QED) is 0.842. The van der Waals surface area contributed by atoms with Gasteiger partial charge in [0.1, 0.15) is 5.92 Å². The van der Waals surface area contributed by atoms with Gasteiger partial charge >= 0.3 is 0 Å². The standard InChI is InChI=1S/C18H20N2O/c1-3-20(4-2)18(21)16(13-19)12-15-10-7-9-14-8-5-6-11-17(14)15/h5-11,16H,3-4,12H2,1-2H3. The molecule has 0 heterocycles. The van der Waals surface area contributed by atoms with Crippen LogP contribution in [0.4, 0.5) is 0 Å². The lowest BCUT2D eigenvalue weighted by Crippen LogP contribution is -2.36. The normalized spacial score (nSPS) is 11.9. The van der Waals surface area contributed by atoms with E-state index in [0.717, 1.165) is 16.3 Å². The molecule has 1 atom stereocenters. The number of carbonyl (C=O) groups is 1. The molecule has 1 amide bonds. The van der Waals surface area contributed by atoms with Crippen molar-refractivity contribution in [1.29, 1.82) is 5.26 Å². The first-order valence-corrected chi connectivity index (χ1v) is 7.36. The summed E-state index contributed by atoms with van der Waals surface area (Å²) < 4.78 is 0. The molecule has 1 unspecified atom stereocenters. The highest BCUT2D eigenvalue weighted by molar-refractivity contribution is 5.87. The van der Waals surface area contributed by atoms with Gasteiger partial charge in [0.2, 0.25) is 5.91 Å². The molecule has 2 aromatic carbocycles. The Morgan fingerprint density at radius 3 is 2.48 bits per heavy atom. The molecule has 0 saturated carbocycles. The summed E-state index contributed by atoms with van der Waals surface area (Å²) in [5, 5.41) is 11.6. The van der Waals surface area contributed by atoms with Crippen molar-refractivity contribution >= 4 is 16.7 Å². The minimum atomic E-state index is -0.615. The zero-order chi connectivity index (χ0) is 15.2. The Bertz CT molecular complexity index is 663. The van der Waals surface area contributed by atoms with Gasteiger partial charge in [0.15, 0.2) is 0 Å². The van der Waals surface area contributed by atoms with E-state index >= 15 is 0 Å². The fraction of sp³-hybridized carbons (Fsp3) is 0.333. The number of hydrogen-bond donors (Lipinski definition) is 0. The average molecular weight is 280 g/mol. The van der Waals surface area contributed by atoms with Crippen molar-refractivity contribution in [1.82, 2.24) is 4.90 Å². The Kier molecular flexibility index (Phi) is 4.94. The minimum Gasteiger partial charge on any atom is -0.342 e. The van der Waals surface area contributed by atoms with Gasteiger partial charge in [0.25, 0.3) is 0 Å². The molecule has 3 nitrogen and oxygen atoms in total. The second kappa shape index (κ2) is 6.90. The van der Waals surface area contributed by atoms with Crippen molar-refractivity contribution in [2.24, 2.45) is 5.92 Å². The van der Waals surface area contributed by atoms with Crippen molar-refractivity contribution in [3.8, 4) is 6.07 Å². The fourth-order valence-corrected chi connectivity index (χ4v) is 2.63. The number of nitriles is 1. The van der Waals surface area contributed by atoms with Gasteiger partial charge in [-0.25, -0.2) is 0 Å². The smallest absolute Gasteiger partial charge is 0.240 e. The molecule has 0 radical (unpaired) electrons. The van der Waals surface area contributed by atoms with E-state index < -0.39 is 5.92 Å². The number of hydrogen-bond acceptors (Lipinski definition) is 2. The van der Waals surface area contributed by atoms with Gasteiger partial charge in [-0.15, -0.1) is 0 Å². The Balaban J connectivity index is 2.29. The number of fused-ring (bicyclic) bond motifs is 1. The summed E-state index contributed by atoms with van der Waals surface area (Å²) in [7, 11) is 0. The van der Waals surface area contributed by atoms with Crippen LogP contribution in [0.3, 0.4) is 0 Å². The van der Waals surface area contributed by atoms with E-state index in [-0.39, 0.29) is 5.91 Å². The third kappa shape index (κ3) is 3.22. The van der Waals surface area contributed by atoms with Crippen molar-refractivity contribution in [3.63, 3.8) is 0 Å². The highest BCUT2D eigenvalue weighted by Crippen LogP contribution is 2.22. The Labute approximate surface area is 125 Å². The highest BCUT2D eigenvalue weighted by Gasteiger charge is 2.23. The molecule has 0 aliphatic heterocycles. The molecule has 21 heavy (non-hydrogen) atoms. The molecule has 0 aliphatic rings. The van der Waals surface area contributed by atoms with Gasteiger partial charge in [0, 0.05) is 13.1 Å². The number of carbonyl (C=O) groups excluding carboxylic acids is 1. The summed E-state index contributed by atoms with van der Waals surface area (Å²) in [6, 6.07) is 16.3. The van der Waals surface area contributed by atoms with Crippen molar-refractivity contribution in [2.75, 3.05) is 13.1 Å². The second-order valence-corrected chi connectivity index (χ2v) is 5.03. The Morgan fingerprint density at radius 2 is 1.81 bits per heavy atom. The van der Waals surface area contributed by atoms with E-state index in [9.17, 15) is 10.1 Å². The van der Waals surface area contributed by atoms with E-state index in [1.165, 1.54) is 0 Å². The zero-order valence-electron chi connectivity index (χ0n) is 12.5. The molecule has 2 aromatic rings. The van der Waals surface area contributed by atoms with Crippen LogP contribution in [0.5, 0.6) is 0 Å². The molecule has 0 saturated heterocycles. The zero-order valence-corrected chi connectivity index (χ0v) is 12.5. The fourth-order valence-electron chi connectivity index (χ4n) is 2.63. The third-order valence-electron chi connectivity index (χ3n) is 3.83. The monoisotopic (exact) mass is 280 g/mol. The molecule has 0 aromatic heterocycles. The lowest BCUT2D eigenvalue weighted by molar-refractivity contribution is -0.133. The van der Waals surface area contributed by atoms with E-state index in [2.05, 4.69) is 6.07 Å². The molecule has 2 rings (SSSR count). The largest absolute Gasteiger partial charge is 0.342 e.